The monoisotopic (exact) mass is 386 g/mol. The summed E-state index contributed by atoms with van der Waals surface area (Å²) in [6.45, 7) is 0.432. The number of nitrogens with zero attached hydrogens (tertiary/aromatic N) is 4. The van der Waals surface area contributed by atoms with E-state index in [1.54, 1.807) is 13.3 Å². The topological polar surface area (TPSA) is 61.5 Å². The number of ether oxygens (including phenoxy) is 2. The quantitative estimate of drug-likeness (QED) is 0.608. The Labute approximate surface area is 147 Å². The molecule has 0 fully saturated rings. The number of halogens is 1. The maximum atomic E-state index is 5.98. The normalized spacial score (nSPS) is 10.9. The number of hydrogen-bond donors (Lipinski definition) is 0. The molecule has 0 amide bonds. The number of rotatable bonds is 6. The van der Waals surface area contributed by atoms with Crippen LogP contribution in [0, 0.1) is 0 Å². The Balaban J connectivity index is 1.83. The van der Waals surface area contributed by atoms with E-state index in [0.29, 0.717) is 18.1 Å². The summed E-state index contributed by atoms with van der Waals surface area (Å²) in [6, 6.07) is 13.6. The van der Waals surface area contributed by atoms with E-state index < -0.39 is 0 Å². The fourth-order valence-electron chi connectivity index (χ4n) is 2.07. The van der Waals surface area contributed by atoms with Gasteiger partial charge in [0.25, 0.3) is 0 Å². The number of aromatic nitrogens is 3. The van der Waals surface area contributed by atoms with Crippen LogP contribution in [-0.4, -0.2) is 28.2 Å². The van der Waals surface area contributed by atoms with Crippen LogP contribution in [0.1, 0.15) is 11.1 Å². The van der Waals surface area contributed by atoms with Gasteiger partial charge >= 0.3 is 0 Å². The van der Waals surface area contributed by atoms with Crippen molar-refractivity contribution in [2.45, 2.75) is 6.61 Å². The first-order valence-electron chi connectivity index (χ1n) is 7.19. The SMILES string of the molecule is COc1cccc(/C=N/n2cnnc2)c1OCc1ccc(Br)cc1. The molecule has 0 unspecified atom stereocenters. The minimum absolute atomic E-state index is 0.432. The lowest BCUT2D eigenvalue weighted by atomic mass is 10.2. The number of hydrogen-bond acceptors (Lipinski definition) is 5. The van der Waals surface area contributed by atoms with Crippen molar-refractivity contribution in [2.75, 3.05) is 7.11 Å². The molecule has 0 aliphatic rings. The van der Waals surface area contributed by atoms with E-state index in [0.717, 1.165) is 15.6 Å². The average molecular weight is 387 g/mol. The summed E-state index contributed by atoms with van der Waals surface area (Å²) in [7, 11) is 1.61. The third-order valence-corrected chi connectivity index (χ3v) is 3.79. The molecule has 0 atom stereocenters. The molecule has 0 bridgehead atoms. The minimum atomic E-state index is 0.432. The maximum absolute atomic E-state index is 5.98. The molecule has 0 N–H and O–H groups in total. The van der Waals surface area contributed by atoms with Crippen LogP contribution in [-0.2, 0) is 6.61 Å². The fourth-order valence-corrected chi connectivity index (χ4v) is 2.33. The highest BCUT2D eigenvalue weighted by atomic mass is 79.9. The van der Waals surface area contributed by atoms with Gasteiger partial charge in [-0.15, -0.1) is 10.2 Å². The van der Waals surface area contributed by atoms with Gasteiger partial charge in [0.05, 0.1) is 13.3 Å². The van der Waals surface area contributed by atoms with Crippen LogP contribution in [0.5, 0.6) is 11.5 Å². The first-order chi connectivity index (χ1) is 11.8. The Morgan fingerprint density at radius 3 is 2.58 bits per heavy atom. The van der Waals surface area contributed by atoms with Crippen LogP contribution < -0.4 is 9.47 Å². The molecule has 0 aliphatic carbocycles. The highest BCUT2D eigenvalue weighted by Gasteiger charge is 2.09. The lowest BCUT2D eigenvalue weighted by molar-refractivity contribution is 0.284. The zero-order valence-electron chi connectivity index (χ0n) is 13.0. The van der Waals surface area contributed by atoms with Crippen LogP contribution in [0.4, 0.5) is 0 Å². The van der Waals surface area contributed by atoms with E-state index in [4.69, 9.17) is 9.47 Å². The lowest BCUT2D eigenvalue weighted by Gasteiger charge is -2.13. The summed E-state index contributed by atoms with van der Waals surface area (Å²) in [4.78, 5) is 0. The molecule has 0 spiro atoms. The molecule has 7 heteroatoms. The van der Waals surface area contributed by atoms with Crippen molar-refractivity contribution in [3.8, 4) is 11.5 Å². The smallest absolute Gasteiger partial charge is 0.170 e. The third-order valence-electron chi connectivity index (χ3n) is 3.26. The molecule has 3 rings (SSSR count). The van der Waals surface area contributed by atoms with Gasteiger partial charge in [0.2, 0.25) is 0 Å². The largest absolute Gasteiger partial charge is 0.493 e. The second kappa shape index (κ2) is 7.74. The molecule has 3 aromatic rings. The Bertz CT molecular complexity index is 817. The van der Waals surface area contributed by atoms with E-state index in [1.807, 2.05) is 42.5 Å². The second-order valence-corrected chi connectivity index (χ2v) is 5.80. The summed E-state index contributed by atoms with van der Waals surface area (Å²) in [5.74, 6) is 1.29. The van der Waals surface area contributed by atoms with Crippen molar-refractivity contribution in [1.29, 1.82) is 0 Å². The first-order valence-corrected chi connectivity index (χ1v) is 7.99. The summed E-state index contributed by atoms with van der Waals surface area (Å²) in [6.07, 6.45) is 4.71. The van der Waals surface area contributed by atoms with Crippen LogP contribution in [0.2, 0.25) is 0 Å². The second-order valence-electron chi connectivity index (χ2n) is 4.88. The van der Waals surface area contributed by atoms with Gasteiger partial charge in [-0.2, -0.15) is 5.10 Å². The molecule has 0 saturated carbocycles. The molecule has 1 aromatic heterocycles. The molecule has 0 aliphatic heterocycles. The molecule has 0 radical (unpaired) electrons. The number of benzene rings is 2. The highest BCUT2D eigenvalue weighted by molar-refractivity contribution is 9.10. The minimum Gasteiger partial charge on any atom is -0.493 e. The number of para-hydroxylation sites is 1. The van der Waals surface area contributed by atoms with Gasteiger partial charge in [0.1, 0.15) is 19.3 Å². The van der Waals surface area contributed by atoms with Gasteiger partial charge < -0.3 is 9.47 Å². The zero-order chi connectivity index (χ0) is 16.8. The first kappa shape index (κ1) is 16.2. The fraction of sp³-hybridized carbons (Fsp3) is 0.118. The Hall–Kier alpha value is -2.67. The number of methoxy groups -OCH3 is 1. The van der Waals surface area contributed by atoms with Crippen molar-refractivity contribution in [3.05, 3.63) is 70.7 Å². The molecule has 122 valence electrons. The Morgan fingerprint density at radius 2 is 1.88 bits per heavy atom. The molecular weight excluding hydrogens is 372 g/mol. The van der Waals surface area contributed by atoms with E-state index in [9.17, 15) is 0 Å². The van der Waals surface area contributed by atoms with E-state index in [-0.39, 0.29) is 0 Å². The van der Waals surface area contributed by atoms with Crippen molar-refractivity contribution in [2.24, 2.45) is 5.10 Å². The van der Waals surface area contributed by atoms with Crippen LogP contribution in [0.25, 0.3) is 0 Å². The van der Waals surface area contributed by atoms with Crippen LogP contribution >= 0.6 is 15.9 Å². The van der Waals surface area contributed by atoms with Crippen molar-refractivity contribution < 1.29 is 9.47 Å². The van der Waals surface area contributed by atoms with Gasteiger partial charge in [-0.1, -0.05) is 34.1 Å². The molecule has 24 heavy (non-hydrogen) atoms. The van der Waals surface area contributed by atoms with Gasteiger partial charge in [-0.3, -0.25) is 0 Å². The predicted molar refractivity (Wildman–Crippen MR) is 94.5 cm³/mol. The maximum Gasteiger partial charge on any atom is 0.170 e. The van der Waals surface area contributed by atoms with Crippen LogP contribution in [0.15, 0.2) is 64.7 Å². The predicted octanol–water partition coefficient (Wildman–Crippen LogP) is 3.51. The third kappa shape index (κ3) is 3.99. The lowest BCUT2D eigenvalue weighted by Crippen LogP contribution is -2.01. The van der Waals surface area contributed by atoms with Gasteiger partial charge in [-0.25, -0.2) is 4.68 Å². The zero-order valence-corrected chi connectivity index (χ0v) is 14.5. The molecule has 1 heterocycles. The molecule has 6 nitrogen and oxygen atoms in total. The van der Waals surface area contributed by atoms with E-state index in [2.05, 4.69) is 31.2 Å². The van der Waals surface area contributed by atoms with Crippen molar-refractivity contribution >= 4 is 22.1 Å². The van der Waals surface area contributed by atoms with Crippen molar-refractivity contribution in [1.82, 2.24) is 14.9 Å². The summed E-state index contributed by atoms with van der Waals surface area (Å²) >= 11 is 3.42. The molecular formula is C17H15BrN4O2. The molecule has 2 aromatic carbocycles. The Kier molecular flexibility index (Phi) is 5.22. The van der Waals surface area contributed by atoms with Gasteiger partial charge in [0.15, 0.2) is 11.5 Å². The molecule has 0 saturated heterocycles. The summed E-state index contributed by atoms with van der Waals surface area (Å²) in [5, 5.41) is 11.7. The summed E-state index contributed by atoms with van der Waals surface area (Å²) in [5.41, 5.74) is 1.87. The van der Waals surface area contributed by atoms with Gasteiger partial charge in [0, 0.05) is 10.0 Å². The highest BCUT2D eigenvalue weighted by Crippen LogP contribution is 2.31. The van der Waals surface area contributed by atoms with Crippen LogP contribution in [0.3, 0.4) is 0 Å². The van der Waals surface area contributed by atoms with E-state index >= 15 is 0 Å². The van der Waals surface area contributed by atoms with Gasteiger partial charge in [-0.05, 0) is 29.8 Å². The summed E-state index contributed by atoms with van der Waals surface area (Å²) < 4.78 is 13.9. The van der Waals surface area contributed by atoms with E-state index in [1.165, 1.54) is 17.3 Å². The Morgan fingerprint density at radius 1 is 1.12 bits per heavy atom. The average Bonchev–Trinajstić information content (AvgIpc) is 3.13. The standard InChI is InChI=1S/C17H15BrN4O2/c1-23-16-4-2-3-14(9-21-22-11-19-20-12-22)17(16)24-10-13-5-7-15(18)8-6-13/h2-9,11-12H,10H2,1H3/b21-9+. The van der Waals surface area contributed by atoms with Crippen molar-refractivity contribution in [3.63, 3.8) is 0 Å².